The van der Waals surface area contributed by atoms with Gasteiger partial charge in [0.05, 0.1) is 0 Å². The molecule has 0 aliphatic rings. The summed E-state index contributed by atoms with van der Waals surface area (Å²) >= 11 is 5.88. The Hall–Kier alpha value is -1.81. The van der Waals surface area contributed by atoms with Gasteiger partial charge in [-0.2, -0.15) is 5.10 Å². The first-order valence-corrected chi connectivity index (χ1v) is 5.53. The smallest absolute Gasteiger partial charge is 0.276 e. The Morgan fingerprint density at radius 1 is 1.35 bits per heavy atom. The average Bonchev–Trinajstić information content (AvgIpc) is 2.70. The van der Waals surface area contributed by atoms with E-state index >= 15 is 0 Å². The van der Waals surface area contributed by atoms with Gasteiger partial charge in [0.25, 0.3) is 5.91 Å². The number of aromatic nitrogens is 2. The summed E-state index contributed by atoms with van der Waals surface area (Å²) in [5.74, 6) is -0.250. The molecule has 88 valence electrons. The molecule has 0 spiro atoms. The first-order valence-electron chi connectivity index (χ1n) is 5.16. The normalized spacial score (nSPS) is 10.3. The second-order valence-electron chi connectivity index (χ2n) is 3.85. The number of carbonyl (C=O) groups is 1. The maximum Gasteiger partial charge on any atom is 0.276 e. The number of H-pyrrole nitrogens is 1. The molecule has 1 heterocycles. The van der Waals surface area contributed by atoms with Gasteiger partial charge in [-0.25, -0.2) is 0 Å². The van der Waals surface area contributed by atoms with E-state index in [0.29, 0.717) is 16.4 Å². The number of aryl methyl sites for hydroxylation is 2. The third kappa shape index (κ3) is 2.65. The van der Waals surface area contributed by atoms with E-state index in [1.165, 1.54) is 0 Å². The Morgan fingerprint density at radius 3 is 2.76 bits per heavy atom. The minimum Gasteiger partial charge on any atom is -0.320 e. The van der Waals surface area contributed by atoms with Crippen LogP contribution in [0.4, 0.5) is 5.69 Å². The molecule has 0 aliphatic carbocycles. The molecule has 1 amide bonds. The van der Waals surface area contributed by atoms with Gasteiger partial charge in [0.2, 0.25) is 0 Å². The summed E-state index contributed by atoms with van der Waals surface area (Å²) in [6.45, 7) is 3.75. The molecule has 1 aromatic heterocycles. The number of nitrogens with zero attached hydrogens (tertiary/aromatic N) is 1. The van der Waals surface area contributed by atoms with Crippen molar-refractivity contribution < 1.29 is 4.79 Å². The summed E-state index contributed by atoms with van der Waals surface area (Å²) in [6.07, 6.45) is 0. The zero-order valence-electron chi connectivity index (χ0n) is 9.54. The highest BCUT2D eigenvalue weighted by molar-refractivity contribution is 6.31. The van der Waals surface area contributed by atoms with E-state index in [0.717, 1.165) is 11.3 Å². The van der Waals surface area contributed by atoms with Crippen LogP contribution in [0.3, 0.4) is 0 Å². The van der Waals surface area contributed by atoms with E-state index in [4.69, 9.17) is 11.6 Å². The Morgan fingerprint density at radius 2 is 2.12 bits per heavy atom. The lowest BCUT2D eigenvalue weighted by Crippen LogP contribution is -2.13. The lowest BCUT2D eigenvalue weighted by molar-refractivity contribution is 0.102. The molecule has 0 unspecified atom stereocenters. The number of aromatic amines is 1. The molecule has 0 aliphatic heterocycles. The molecule has 2 rings (SSSR count). The van der Waals surface area contributed by atoms with Gasteiger partial charge in [0.1, 0.15) is 0 Å². The van der Waals surface area contributed by atoms with Gasteiger partial charge >= 0.3 is 0 Å². The lowest BCUT2D eigenvalue weighted by Gasteiger charge is -2.07. The zero-order valence-corrected chi connectivity index (χ0v) is 10.3. The van der Waals surface area contributed by atoms with E-state index in [2.05, 4.69) is 15.5 Å². The van der Waals surface area contributed by atoms with Crippen molar-refractivity contribution in [2.75, 3.05) is 5.32 Å². The minimum atomic E-state index is -0.250. The largest absolute Gasteiger partial charge is 0.320 e. The molecule has 0 fully saturated rings. The average molecular weight is 250 g/mol. The van der Waals surface area contributed by atoms with Crippen molar-refractivity contribution in [1.29, 1.82) is 0 Å². The van der Waals surface area contributed by atoms with Crippen molar-refractivity contribution in [3.8, 4) is 0 Å². The zero-order chi connectivity index (χ0) is 12.4. The fraction of sp³-hybridized carbons (Fsp3) is 0.167. The predicted octanol–water partition coefficient (Wildman–Crippen LogP) is 2.93. The highest BCUT2D eigenvalue weighted by Gasteiger charge is 2.10. The predicted molar refractivity (Wildman–Crippen MR) is 67.5 cm³/mol. The molecule has 1 aromatic carbocycles. The Kier molecular flexibility index (Phi) is 3.15. The van der Waals surface area contributed by atoms with Crippen molar-refractivity contribution >= 4 is 23.2 Å². The van der Waals surface area contributed by atoms with E-state index < -0.39 is 0 Å². The summed E-state index contributed by atoms with van der Waals surface area (Å²) in [5.41, 5.74) is 2.86. The van der Waals surface area contributed by atoms with Gasteiger partial charge in [0, 0.05) is 16.4 Å². The Balaban J connectivity index is 2.21. The Bertz CT molecular complexity index is 563. The van der Waals surface area contributed by atoms with Gasteiger partial charge in [0.15, 0.2) is 5.69 Å². The fourth-order valence-electron chi connectivity index (χ4n) is 1.45. The van der Waals surface area contributed by atoms with Gasteiger partial charge in [-0.1, -0.05) is 17.7 Å². The molecule has 0 radical (unpaired) electrons. The van der Waals surface area contributed by atoms with Crippen molar-refractivity contribution in [2.45, 2.75) is 13.8 Å². The molecule has 0 atom stereocenters. The number of hydrogen-bond donors (Lipinski definition) is 2. The van der Waals surface area contributed by atoms with Gasteiger partial charge in [-0.05, 0) is 37.6 Å². The molecule has 17 heavy (non-hydrogen) atoms. The molecular weight excluding hydrogens is 238 g/mol. The first-order chi connectivity index (χ1) is 8.06. The van der Waals surface area contributed by atoms with Crippen LogP contribution in [0.1, 0.15) is 21.7 Å². The monoisotopic (exact) mass is 249 g/mol. The van der Waals surface area contributed by atoms with Crippen LogP contribution in [0.25, 0.3) is 0 Å². The fourth-order valence-corrected chi connectivity index (χ4v) is 1.62. The van der Waals surface area contributed by atoms with Crippen molar-refractivity contribution in [3.05, 3.63) is 46.2 Å². The van der Waals surface area contributed by atoms with Crippen LogP contribution < -0.4 is 5.32 Å². The Labute approximate surface area is 104 Å². The maximum atomic E-state index is 11.9. The molecule has 0 bridgehead atoms. The van der Waals surface area contributed by atoms with Crippen LogP contribution >= 0.6 is 11.6 Å². The van der Waals surface area contributed by atoms with Crippen LogP contribution in [-0.4, -0.2) is 16.1 Å². The van der Waals surface area contributed by atoms with Crippen LogP contribution in [0.5, 0.6) is 0 Å². The van der Waals surface area contributed by atoms with Crippen molar-refractivity contribution in [1.82, 2.24) is 10.2 Å². The quantitative estimate of drug-likeness (QED) is 0.860. The highest BCUT2D eigenvalue weighted by Crippen LogP contribution is 2.20. The van der Waals surface area contributed by atoms with Crippen molar-refractivity contribution in [3.63, 3.8) is 0 Å². The van der Waals surface area contributed by atoms with Crippen molar-refractivity contribution in [2.24, 2.45) is 0 Å². The van der Waals surface area contributed by atoms with Gasteiger partial charge in [-0.3, -0.25) is 9.89 Å². The highest BCUT2D eigenvalue weighted by atomic mass is 35.5. The summed E-state index contributed by atoms with van der Waals surface area (Å²) in [5, 5.41) is 9.98. The molecular formula is C12H12ClN3O. The van der Waals surface area contributed by atoms with Crippen LogP contribution in [0.15, 0.2) is 24.3 Å². The summed E-state index contributed by atoms with van der Waals surface area (Å²) in [6, 6.07) is 7.04. The number of carbonyl (C=O) groups excluding carboxylic acids is 1. The molecule has 5 heteroatoms. The summed E-state index contributed by atoms with van der Waals surface area (Å²) in [7, 11) is 0. The van der Waals surface area contributed by atoms with Crippen LogP contribution in [0, 0.1) is 13.8 Å². The topological polar surface area (TPSA) is 57.8 Å². The first kappa shape index (κ1) is 11.7. The molecule has 4 nitrogen and oxygen atoms in total. The van der Waals surface area contributed by atoms with Gasteiger partial charge in [-0.15, -0.1) is 0 Å². The van der Waals surface area contributed by atoms with E-state index in [-0.39, 0.29) is 5.91 Å². The number of benzene rings is 1. The van der Waals surface area contributed by atoms with Crippen LogP contribution in [0.2, 0.25) is 5.02 Å². The van der Waals surface area contributed by atoms with E-state index in [1.54, 1.807) is 18.2 Å². The maximum absolute atomic E-state index is 11.9. The van der Waals surface area contributed by atoms with Crippen LogP contribution in [-0.2, 0) is 0 Å². The SMILES string of the molecule is Cc1cc(C(=O)Nc2cc(Cl)ccc2C)n[nH]1. The second kappa shape index (κ2) is 4.59. The summed E-state index contributed by atoms with van der Waals surface area (Å²) < 4.78 is 0. The number of anilines is 1. The molecule has 2 aromatic rings. The third-order valence-electron chi connectivity index (χ3n) is 2.39. The van der Waals surface area contributed by atoms with E-state index in [1.807, 2.05) is 19.9 Å². The molecule has 0 saturated heterocycles. The number of hydrogen-bond acceptors (Lipinski definition) is 2. The lowest BCUT2D eigenvalue weighted by atomic mass is 10.2. The number of rotatable bonds is 2. The minimum absolute atomic E-state index is 0.250. The number of nitrogens with one attached hydrogen (secondary N) is 2. The number of halogens is 1. The second-order valence-corrected chi connectivity index (χ2v) is 4.29. The standard InChI is InChI=1S/C12H12ClN3O/c1-7-3-4-9(13)6-10(7)14-12(17)11-5-8(2)15-16-11/h3-6H,1-2H3,(H,14,17)(H,15,16). The third-order valence-corrected chi connectivity index (χ3v) is 2.62. The van der Waals surface area contributed by atoms with Gasteiger partial charge < -0.3 is 5.32 Å². The molecule has 0 saturated carbocycles. The number of amides is 1. The molecule has 2 N–H and O–H groups in total. The summed E-state index contributed by atoms with van der Waals surface area (Å²) in [4.78, 5) is 11.9. The van der Waals surface area contributed by atoms with E-state index in [9.17, 15) is 4.79 Å².